The third-order valence-corrected chi connectivity index (χ3v) is 3.80. The molecule has 132 valence electrons. The number of hydrogen-bond donors (Lipinski definition) is 1. The van der Waals surface area contributed by atoms with E-state index in [2.05, 4.69) is 10.2 Å². The minimum Gasteiger partial charge on any atom is -0.497 e. The van der Waals surface area contributed by atoms with E-state index in [1.54, 1.807) is 26.4 Å². The van der Waals surface area contributed by atoms with Gasteiger partial charge in [0.1, 0.15) is 11.5 Å². The lowest BCUT2D eigenvalue weighted by Crippen LogP contribution is -2.31. The smallest absolute Gasteiger partial charge is 0.244 e. The van der Waals surface area contributed by atoms with Gasteiger partial charge in [-0.3, -0.25) is 4.79 Å². The fourth-order valence-corrected chi connectivity index (χ4v) is 2.34. The van der Waals surface area contributed by atoms with Crippen LogP contribution in [0.4, 0.5) is 5.69 Å². The predicted octanol–water partition coefficient (Wildman–Crippen LogP) is 2.97. The van der Waals surface area contributed by atoms with Crippen molar-refractivity contribution in [2.45, 2.75) is 0 Å². The molecule has 0 fully saturated rings. The Morgan fingerprint density at radius 2 is 1.88 bits per heavy atom. The van der Waals surface area contributed by atoms with Crippen LogP contribution in [0.3, 0.4) is 0 Å². The largest absolute Gasteiger partial charge is 0.497 e. The molecule has 0 aromatic heterocycles. The van der Waals surface area contributed by atoms with Gasteiger partial charge in [0.2, 0.25) is 5.91 Å². The molecule has 1 N–H and O–H groups in total. The first-order chi connectivity index (χ1) is 12.1. The molecule has 25 heavy (non-hydrogen) atoms. The number of hydrogen-bond acceptors (Lipinski definition) is 4. The highest BCUT2D eigenvalue weighted by Crippen LogP contribution is 2.25. The first-order valence-electron chi connectivity index (χ1n) is 8.08. The SMILES string of the molecule is COc1ccc(/C=C/C(=O)NCCN(C)c2ccccc2)c(OC)c1. The van der Waals surface area contributed by atoms with E-state index in [9.17, 15) is 4.79 Å². The Morgan fingerprint density at radius 3 is 2.56 bits per heavy atom. The van der Waals surface area contributed by atoms with Gasteiger partial charge in [0, 0.05) is 43.5 Å². The number of amides is 1. The van der Waals surface area contributed by atoms with Crippen LogP contribution in [0.25, 0.3) is 6.08 Å². The maximum absolute atomic E-state index is 12.0. The van der Waals surface area contributed by atoms with Crippen LogP contribution in [0.5, 0.6) is 11.5 Å². The number of rotatable bonds is 8. The van der Waals surface area contributed by atoms with Crippen LogP contribution in [-0.2, 0) is 4.79 Å². The normalized spacial score (nSPS) is 10.5. The number of likely N-dealkylation sites (N-methyl/N-ethyl adjacent to an activating group) is 1. The van der Waals surface area contributed by atoms with Crippen molar-refractivity contribution in [2.24, 2.45) is 0 Å². The lowest BCUT2D eigenvalue weighted by atomic mass is 10.1. The number of para-hydroxylation sites is 1. The summed E-state index contributed by atoms with van der Waals surface area (Å²) >= 11 is 0. The summed E-state index contributed by atoms with van der Waals surface area (Å²) < 4.78 is 10.5. The van der Waals surface area contributed by atoms with Crippen LogP contribution in [0.2, 0.25) is 0 Å². The van der Waals surface area contributed by atoms with Gasteiger partial charge in [0.25, 0.3) is 0 Å². The minimum atomic E-state index is -0.140. The van der Waals surface area contributed by atoms with Crippen molar-refractivity contribution in [3.63, 3.8) is 0 Å². The van der Waals surface area contributed by atoms with E-state index in [1.165, 1.54) is 6.08 Å². The molecule has 0 atom stereocenters. The third kappa shape index (κ3) is 5.57. The lowest BCUT2D eigenvalue weighted by molar-refractivity contribution is -0.116. The second-order valence-electron chi connectivity index (χ2n) is 5.49. The molecular formula is C20H24N2O3. The van der Waals surface area contributed by atoms with Gasteiger partial charge in [-0.15, -0.1) is 0 Å². The summed E-state index contributed by atoms with van der Waals surface area (Å²) in [4.78, 5) is 14.1. The lowest BCUT2D eigenvalue weighted by Gasteiger charge is -2.19. The van der Waals surface area contributed by atoms with Gasteiger partial charge in [-0.1, -0.05) is 18.2 Å². The van der Waals surface area contributed by atoms with E-state index in [1.807, 2.05) is 49.5 Å². The van der Waals surface area contributed by atoms with Crippen LogP contribution in [0.15, 0.2) is 54.6 Å². The standard InChI is InChI=1S/C20H24N2O3/c1-22(17-7-5-4-6-8-17)14-13-21-20(23)12-10-16-9-11-18(24-2)15-19(16)25-3/h4-12,15H,13-14H2,1-3H3,(H,21,23)/b12-10+. The number of carbonyl (C=O) groups is 1. The highest BCUT2D eigenvalue weighted by atomic mass is 16.5. The molecule has 0 aliphatic heterocycles. The van der Waals surface area contributed by atoms with Gasteiger partial charge in [0.05, 0.1) is 14.2 Å². The fraction of sp³-hybridized carbons (Fsp3) is 0.250. The topological polar surface area (TPSA) is 50.8 Å². The molecule has 0 aliphatic carbocycles. The second-order valence-corrected chi connectivity index (χ2v) is 5.49. The number of carbonyl (C=O) groups excluding carboxylic acids is 1. The van der Waals surface area contributed by atoms with E-state index in [0.29, 0.717) is 18.0 Å². The zero-order chi connectivity index (χ0) is 18.1. The van der Waals surface area contributed by atoms with E-state index in [4.69, 9.17) is 9.47 Å². The van der Waals surface area contributed by atoms with E-state index >= 15 is 0 Å². The Kier molecular flexibility index (Phi) is 6.89. The molecule has 0 spiro atoms. The number of benzene rings is 2. The fourth-order valence-electron chi connectivity index (χ4n) is 2.34. The van der Waals surface area contributed by atoms with Crippen LogP contribution >= 0.6 is 0 Å². The maximum atomic E-state index is 12.0. The van der Waals surface area contributed by atoms with Crippen LogP contribution in [0.1, 0.15) is 5.56 Å². The number of anilines is 1. The molecule has 0 aliphatic rings. The molecule has 0 unspecified atom stereocenters. The summed E-state index contributed by atoms with van der Waals surface area (Å²) in [7, 11) is 5.19. The minimum absolute atomic E-state index is 0.140. The summed E-state index contributed by atoms with van der Waals surface area (Å²) in [5.41, 5.74) is 1.94. The van der Waals surface area contributed by atoms with Crippen LogP contribution in [-0.4, -0.2) is 40.3 Å². The molecule has 0 radical (unpaired) electrons. The first kappa shape index (κ1) is 18.4. The molecule has 0 bridgehead atoms. The summed E-state index contributed by atoms with van der Waals surface area (Å²) in [6.45, 7) is 1.30. The molecule has 2 aromatic carbocycles. The Morgan fingerprint density at radius 1 is 1.12 bits per heavy atom. The van der Waals surface area contributed by atoms with Crippen molar-refractivity contribution < 1.29 is 14.3 Å². The highest BCUT2D eigenvalue weighted by molar-refractivity contribution is 5.92. The van der Waals surface area contributed by atoms with Crippen LogP contribution in [0, 0.1) is 0 Å². The summed E-state index contributed by atoms with van der Waals surface area (Å²) in [5, 5.41) is 2.88. The van der Waals surface area contributed by atoms with Gasteiger partial charge in [-0.2, -0.15) is 0 Å². The first-order valence-corrected chi connectivity index (χ1v) is 8.08. The molecule has 1 amide bonds. The maximum Gasteiger partial charge on any atom is 0.244 e. The molecular weight excluding hydrogens is 316 g/mol. The average molecular weight is 340 g/mol. The van der Waals surface area contributed by atoms with Gasteiger partial charge in [-0.25, -0.2) is 0 Å². The molecule has 5 nitrogen and oxygen atoms in total. The van der Waals surface area contributed by atoms with Crippen molar-refractivity contribution in [1.29, 1.82) is 0 Å². The molecule has 2 aromatic rings. The van der Waals surface area contributed by atoms with Crippen molar-refractivity contribution >= 4 is 17.7 Å². The zero-order valence-electron chi connectivity index (χ0n) is 14.9. The Hall–Kier alpha value is -2.95. The van der Waals surface area contributed by atoms with Gasteiger partial charge in [0.15, 0.2) is 0 Å². The summed E-state index contributed by atoms with van der Waals surface area (Å²) in [6.07, 6.45) is 3.24. The van der Waals surface area contributed by atoms with E-state index in [0.717, 1.165) is 17.8 Å². The summed E-state index contributed by atoms with van der Waals surface area (Å²) in [5.74, 6) is 1.23. The molecule has 0 saturated heterocycles. The van der Waals surface area contributed by atoms with Gasteiger partial charge in [-0.05, 0) is 30.3 Å². The van der Waals surface area contributed by atoms with Gasteiger partial charge >= 0.3 is 0 Å². The molecule has 2 rings (SSSR count). The third-order valence-electron chi connectivity index (χ3n) is 3.80. The predicted molar refractivity (Wildman–Crippen MR) is 101 cm³/mol. The van der Waals surface area contributed by atoms with Crippen molar-refractivity contribution in [3.05, 3.63) is 60.2 Å². The number of nitrogens with zero attached hydrogens (tertiary/aromatic N) is 1. The van der Waals surface area contributed by atoms with E-state index < -0.39 is 0 Å². The van der Waals surface area contributed by atoms with E-state index in [-0.39, 0.29) is 5.91 Å². The van der Waals surface area contributed by atoms with Crippen molar-refractivity contribution in [1.82, 2.24) is 5.32 Å². The van der Waals surface area contributed by atoms with Crippen molar-refractivity contribution in [2.75, 3.05) is 39.3 Å². The summed E-state index contributed by atoms with van der Waals surface area (Å²) in [6, 6.07) is 15.5. The average Bonchev–Trinajstić information content (AvgIpc) is 2.66. The van der Waals surface area contributed by atoms with Crippen LogP contribution < -0.4 is 19.7 Å². The highest BCUT2D eigenvalue weighted by Gasteiger charge is 2.04. The quantitative estimate of drug-likeness (QED) is 0.751. The monoisotopic (exact) mass is 340 g/mol. The molecule has 0 heterocycles. The zero-order valence-corrected chi connectivity index (χ0v) is 14.9. The number of ether oxygens (including phenoxy) is 2. The Bertz CT molecular complexity index is 714. The second kappa shape index (κ2) is 9.37. The molecule has 5 heteroatoms. The Labute approximate surface area is 148 Å². The number of nitrogens with one attached hydrogen (secondary N) is 1. The Balaban J connectivity index is 1.85. The van der Waals surface area contributed by atoms with Gasteiger partial charge < -0.3 is 19.7 Å². The van der Waals surface area contributed by atoms with Crippen molar-refractivity contribution in [3.8, 4) is 11.5 Å². The molecule has 0 saturated carbocycles. The number of methoxy groups -OCH3 is 2.